The molecule has 0 aromatic carbocycles. The Morgan fingerprint density at radius 3 is 2.57 bits per heavy atom. The lowest BCUT2D eigenvalue weighted by atomic mass is 10.7. The maximum Gasteiger partial charge on any atom is 0.266 e. The van der Waals surface area contributed by atoms with Crippen LogP contribution < -0.4 is 10.3 Å². The van der Waals surface area contributed by atoms with Crippen molar-refractivity contribution in [2.45, 2.75) is 11.1 Å². The molecule has 1 heterocycles. The predicted octanol–water partition coefficient (Wildman–Crippen LogP) is 0.840. The molecule has 1 aromatic heterocycles. The van der Waals surface area contributed by atoms with E-state index in [-0.39, 0.29) is 4.21 Å². The summed E-state index contributed by atoms with van der Waals surface area (Å²) in [6.45, 7) is 1.22. The van der Waals surface area contributed by atoms with Gasteiger partial charge in [-0.15, -0.1) is 16.2 Å². The highest BCUT2D eigenvalue weighted by Gasteiger charge is 2.16. The van der Waals surface area contributed by atoms with Crippen molar-refractivity contribution in [1.82, 2.24) is 10.3 Å². The molecule has 1 aromatic rings. The SMILES string of the molecule is CC(=O)NNS(=O)(=O)c1ccc(Br)s1. The van der Waals surface area contributed by atoms with Crippen LogP contribution in [0, 0.1) is 0 Å². The van der Waals surface area contributed by atoms with E-state index in [0.717, 1.165) is 11.3 Å². The fourth-order valence-electron chi connectivity index (χ4n) is 0.631. The standard InChI is InChI=1S/C6H7BrN2O3S2/c1-4(10)8-9-14(11,12)6-3-2-5(7)13-6/h2-3,9H,1H3,(H,8,10). The monoisotopic (exact) mass is 298 g/mol. The molecule has 0 radical (unpaired) electrons. The third kappa shape index (κ3) is 3.05. The van der Waals surface area contributed by atoms with Crippen molar-refractivity contribution in [3.8, 4) is 0 Å². The fraction of sp³-hybridized carbons (Fsp3) is 0.167. The maximum absolute atomic E-state index is 11.4. The van der Waals surface area contributed by atoms with Crippen LogP contribution in [0.1, 0.15) is 6.92 Å². The number of hydrazine groups is 1. The first-order valence-electron chi connectivity index (χ1n) is 3.45. The van der Waals surface area contributed by atoms with Crippen LogP contribution in [0.3, 0.4) is 0 Å². The molecule has 5 nitrogen and oxygen atoms in total. The molecular weight excluding hydrogens is 292 g/mol. The molecule has 0 atom stereocenters. The molecule has 78 valence electrons. The number of thiophene rings is 1. The molecule has 0 aliphatic heterocycles. The van der Waals surface area contributed by atoms with Gasteiger partial charge >= 0.3 is 0 Å². The number of hydrogen-bond donors (Lipinski definition) is 2. The van der Waals surface area contributed by atoms with Crippen molar-refractivity contribution >= 4 is 43.2 Å². The van der Waals surface area contributed by atoms with Crippen LogP contribution >= 0.6 is 27.3 Å². The number of halogens is 1. The molecule has 0 aliphatic carbocycles. The number of rotatable bonds is 3. The number of sulfonamides is 1. The Labute approximate surface area is 93.7 Å². The summed E-state index contributed by atoms with van der Waals surface area (Å²) < 4.78 is 23.7. The number of nitrogens with one attached hydrogen (secondary N) is 2. The third-order valence-electron chi connectivity index (χ3n) is 1.17. The lowest BCUT2D eigenvalue weighted by molar-refractivity contribution is -0.119. The van der Waals surface area contributed by atoms with Crippen molar-refractivity contribution < 1.29 is 13.2 Å². The van der Waals surface area contributed by atoms with Gasteiger partial charge in [0.15, 0.2) is 0 Å². The molecule has 0 bridgehead atoms. The van der Waals surface area contributed by atoms with E-state index in [1.165, 1.54) is 13.0 Å². The van der Waals surface area contributed by atoms with E-state index >= 15 is 0 Å². The zero-order chi connectivity index (χ0) is 10.8. The molecule has 0 saturated heterocycles. The normalized spacial score (nSPS) is 11.3. The number of carbonyl (C=O) groups is 1. The molecule has 1 amide bonds. The van der Waals surface area contributed by atoms with Gasteiger partial charge in [-0.3, -0.25) is 10.2 Å². The highest BCUT2D eigenvalue weighted by Crippen LogP contribution is 2.25. The number of carbonyl (C=O) groups excluding carboxylic acids is 1. The summed E-state index contributed by atoms with van der Waals surface area (Å²) in [5.74, 6) is -0.468. The molecular formula is C6H7BrN2O3S2. The molecule has 0 aliphatic rings. The largest absolute Gasteiger partial charge is 0.278 e. The highest BCUT2D eigenvalue weighted by molar-refractivity contribution is 9.11. The van der Waals surface area contributed by atoms with Crippen LogP contribution in [-0.2, 0) is 14.8 Å². The summed E-state index contributed by atoms with van der Waals surface area (Å²) in [4.78, 5) is 12.4. The lowest BCUT2D eigenvalue weighted by Crippen LogP contribution is -2.39. The van der Waals surface area contributed by atoms with Crippen LogP contribution in [0.5, 0.6) is 0 Å². The number of hydrogen-bond acceptors (Lipinski definition) is 4. The summed E-state index contributed by atoms with van der Waals surface area (Å²) in [7, 11) is -3.63. The minimum atomic E-state index is -3.63. The van der Waals surface area contributed by atoms with Gasteiger partial charge < -0.3 is 0 Å². The Morgan fingerprint density at radius 1 is 1.50 bits per heavy atom. The van der Waals surface area contributed by atoms with Gasteiger partial charge in [-0.2, -0.15) is 0 Å². The van der Waals surface area contributed by atoms with Crippen LogP contribution in [0.2, 0.25) is 0 Å². The van der Waals surface area contributed by atoms with E-state index in [1.807, 2.05) is 10.3 Å². The van der Waals surface area contributed by atoms with Crippen molar-refractivity contribution in [3.05, 3.63) is 15.9 Å². The van der Waals surface area contributed by atoms with Gasteiger partial charge in [-0.1, -0.05) is 0 Å². The van der Waals surface area contributed by atoms with Crippen molar-refractivity contribution in [1.29, 1.82) is 0 Å². The first-order chi connectivity index (χ1) is 6.42. The van der Waals surface area contributed by atoms with Gasteiger partial charge in [0.25, 0.3) is 10.0 Å². The maximum atomic E-state index is 11.4. The molecule has 0 saturated carbocycles. The second kappa shape index (κ2) is 4.39. The van der Waals surface area contributed by atoms with Gasteiger partial charge in [0, 0.05) is 6.92 Å². The molecule has 1 rings (SSSR count). The second-order valence-corrected chi connectivity index (χ2v) is 6.72. The van der Waals surface area contributed by atoms with Crippen LogP contribution in [-0.4, -0.2) is 14.3 Å². The zero-order valence-corrected chi connectivity index (χ0v) is 10.3. The molecule has 8 heteroatoms. The lowest BCUT2D eigenvalue weighted by Gasteiger charge is -2.03. The van der Waals surface area contributed by atoms with Gasteiger partial charge in [0.05, 0.1) is 3.79 Å². The Hall–Kier alpha value is -0.440. The van der Waals surface area contributed by atoms with E-state index < -0.39 is 15.9 Å². The Kier molecular flexibility index (Phi) is 3.65. The molecule has 0 spiro atoms. The van der Waals surface area contributed by atoms with Crippen LogP contribution in [0.15, 0.2) is 20.1 Å². The smallest absolute Gasteiger partial charge is 0.266 e. The molecule has 2 N–H and O–H groups in total. The van der Waals surface area contributed by atoms with Crippen LogP contribution in [0.25, 0.3) is 0 Å². The van der Waals surface area contributed by atoms with Gasteiger partial charge in [-0.25, -0.2) is 8.42 Å². The first-order valence-corrected chi connectivity index (χ1v) is 6.55. The minimum Gasteiger partial charge on any atom is -0.278 e. The second-order valence-electron chi connectivity index (χ2n) is 2.35. The summed E-state index contributed by atoms with van der Waals surface area (Å²) >= 11 is 4.20. The van der Waals surface area contributed by atoms with E-state index in [2.05, 4.69) is 15.9 Å². The van der Waals surface area contributed by atoms with Gasteiger partial charge in [0.2, 0.25) is 5.91 Å². The Morgan fingerprint density at radius 2 is 2.14 bits per heavy atom. The summed E-state index contributed by atoms with van der Waals surface area (Å²) in [6, 6.07) is 3.06. The summed E-state index contributed by atoms with van der Waals surface area (Å²) in [5.41, 5.74) is 2.01. The van der Waals surface area contributed by atoms with Gasteiger partial charge in [-0.05, 0) is 28.1 Å². The third-order valence-corrected chi connectivity index (χ3v) is 4.54. The minimum absolute atomic E-state index is 0.137. The van der Waals surface area contributed by atoms with Crippen molar-refractivity contribution in [3.63, 3.8) is 0 Å². The quantitative estimate of drug-likeness (QED) is 0.812. The fourth-order valence-corrected chi connectivity index (χ4v) is 3.53. The molecule has 0 unspecified atom stereocenters. The van der Waals surface area contributed by atoms with E-state index in [1.54, 1.807) is 6.07 Å². The Balaban J connectivity index is 2.81. The van der Waals surface area contributed by atoms with E-state index in [4.69, 9.17) is 0 Å². The average molecular weight is 299 g/mol. The Bertz CT molecular complexity index is 440. The van der Waals surface area contributed by atoms with Crippen LogP contribution in [0.4, 0.5) is 0 Å². The topological polar surface area (TPSA) is 75.3 Å². The summed E-state index contributed by atoms with van der Waals surface area (Å²) in [5, 5.41) is 0. The van der Waals surface area contributed by atoms with E-state index in [9.17, 15) is 13.2 Å². The molecule has 0 fully saturated rings. The molecule has 14 heavy (non-hydrogen) atoms. The van der Waals surface area contributed by atoms with Crippen molar-refractivity contribution in [2.24, 2.45) is 0 Å². The summed E-state index contributed by atoms with van der Waals surface area (Å²) in [6.07, 6.45) is 0. The first kappa shape index (κ1) is 11.6. The highest BCUT2D eigenvalue weighted by atomic mass is 79.9. The van der Waals surface area contributed by atoms with Gasteiger partial charge in [0.1, 0.15) is 4.21 Å². The van der Waals surface area contributed by atoms with E-state index in [0.29, 0.717) is 3.79 Å². The zero-order valence-electron chi connectivity index (χ0n) is 7.07. The number of amides is 1. The van der Waals surface area contributed by atoms with Crippen molar-refractivity contribution in [2.75, 3.05) is 0 Å². The average Bonchev–Trinajstić information content (AvgIpc) is 2.49. The predicted molar refractivity (Wildman–Crippen MR) is 56.2 cm³/mol.